The van der Waals surface area contributed by atoms with Gasteiger partial charge in [-0.05, 0) is 45.4 Å². The minimum atomic E-state index is -0.0515. The standard InChI is InChI=1S/C26H36N6O3/c1-7-35-21-10-8-20(9-11-21)18(4)29(6)24-22-16-32(17(2)3)25(34)23(22)27-26(28-24)31-14-12-30(13-15-31)19(5)33/h8-11,17-18H,7,12-16H2,1-6H3. The molecule has 4 rings (SSSR count). The first-order valence-corrected chi connectivity index (χ1v) is 12.4. The van der Waals surface area contributed by atoms with Crippen molar-refractivity contribution in [2.45, 2.75) is 53.2 Å². The van der Waals surface area contributed by atoms with Crippen LogP contribution in [-0.4, -0.2) is 77.5 Å². The van der Waals surface area contributed by atoms with Gasteiger partial charge in [0, 0.05) is 51.8 Å². The van der Waals surface area contributed by atoms with Gasteiger partial charge in [0.15, 0.2) is 0 Å². The number of ether oxygens (including phenoxy) is 1. The number of benzene rings is 1. The molecule has 0 bridgehead atoms. The van der Waals surface area contributed by atoms with E-state index in [1.165, 1.54) is 0 Å². The number of aromatic nitrogens is 2. The van der Waals surface area contributed by atoms with Crippen LogP contribution in [-0.2, 0) is 11.3 Å². The lowest BCUT2D eigenvalue weighted by atomic mass is 10.1. The van der Waals surface area contributed by atoms with Gasteiger partial charge in [-0.2, -0.15) is 4.98 Å². The second kappa shape index (κ2) is 10.1. The molecule has 0 aliphatic carbocycles. The Labute approximate surface area is 207 Å². The van der Waals surface area contributed by atoms with Gasteiger partial charge in [-0.25, -0.2) is 4.98 Å². The van der Waals surface area contributed by atoms with Crippen LogP contribution in [0.3, 0.4) is 0 Å². The van der Waals surface area contributed by atoms with Crippen LogP contribution < -0.4 is 14.5 Å². The fourth-order valence-electron chi connectivity index (χ4n) is 4.65. The van der Waals surface area contributed by atoms with E-state index in [9.17, 15) is 9.59 Å². The molecule has 1 unspecified atom stereocenters. The Kier molecular flexibility index (Phi) is 7.14. The van der Waals surface area contributed by atoms with Crippen molar-refractivity contribution in [3.63, 3.8) is 0 Å². The van der Waals surface area contributed by atoms with Crippen LogP contribution in [0.4, 0.5) is 11.8 Å². The molecule has 0 saturated carbocycles. The first-order valence-electron chi connectivity index (χ1n) is 12.4. The number of carbonyl (C=O) groups is 2. The van der Waals surface area contributed by atoms with E-state index >= 15 is 0 Å². The topological polar surface area (TPSA) is 82.1 Å². The number of rotatable bonds is 7. The minimum Gasteiger partial charge on any atom is -0.494 e. The quantitative estimate of drug-likeness (QED) is 0.602. The molecule has 2 aliphatic rings. The van der Waals surface area contributed by atoms with Gasteiger partial charge in [0.2, 0.25) is 11.9 Å². The van der Waals surface area contributed by atoms with E-state index in [0.717, 1.165) is 22.7 Å². The van der Waals surface area contributed by atoms with Crippen molar-refractivity contribution in [3.8, 4) is 5.75 Å². The molecule has 0 N–H and O–H groups in total. The van der Waals surface area contributed by atoms with Crippen molar-refractivity contribution in [1.29, 1.82) is 0 Å². The van der Waals surface area contributed by atoms with Gasteiger partial charge in [-0.15, -0.1) is 0 Å². The highest BCUT2D eigenvalue weighted by molar-refractivity contribution is 5.98. The maximum Gasteiger partial charge on any atom is 0.273 e. The molecule has 1 aromatic heterocycles. The van der Waals surface area contributed by atoms with Crippen LogP contribution in [0.1, 0.15) is 62.3 Å². The number of anilines is 2. The predicted molar refractivity (Wildman–Crippen MR) is 136 cm³/mol. The molecule has 1 fully saturated rings. The maximum absolute atomic E-state index is 13.3. The average molecular weight is 481 g/mol. The monoisotopic (exact) mass is 480 g/mol. The first kappa shape index (κ1) is 24.8. The van der Waals surface area contributed by atoms with Gasteiger partial charge < -0.3 is 24.3 Å². The van der Waals surface area contributed by atoms with Gasteiger partial charge in [-0.1, -0.05) is 12.1 Å². The first-order chi connectivity index (χ1) is 16.7. The summed E-state index contributed by atoms with van der Waals surface area (Å²) in [6.07, 6.45) is 0. The number of carbonyl (C=O) groups excluding carboxylic acids is 2. The molecule has 9 heteroatoms. The van der Waals surface area contributed by atoms with E-state index in [2.05, 4.69) is 28.9 Å². The predicted octanol–water partition coefficient (Wildman–Crippen LogP) is 3.11. The summed E-state index contributed by atoms with van der Waals surface area (Å²) in [5.74, 6) is 2.19. The summed E-state index contributed by atoms with van der Waals surface area (Å²) >= 11 is 0. The number of amides is 2. The molecular weight excluding hydrogens is 444 g/mol. The molecule has 3 heterocycles. The lowest BCUT2D eigenvalue weighted by Gasteiger charge is -2.35. The van der Waals surface area contributed by atoms with Gasteiger partial charge in [0.1, 0.15) is 17.3 Å². The van der Waals surface area contributed by atoms with E-state index in [4.69, 9.17) is 14.7 Å². The Hall–Kier alpha value is -3.36. The summed E-state index contributed by atoms with van der Waals surface area (Å²) in [6, 6.07) is 8.20. The maximum atomic E-state index is 13.3. The molecule has 0 spiro atoms. The smallest absolute Gasteiger partial charge is 0.273 e. The van der Waals surface area contributed by atoms with Crippen LogP contribution >= 0.6 is 0 Å². The van der Waals surface area contributed by atoms with E-state index in [1.54, 1.807) is 6.92 Å². The van der Waals surface area contributed by atoms with Crippen molar-refractivity contribution < 1.29 is 14.3 Å². The molecule has 35 heavy (non-hydrogen) atoms. The Balaban J connectivity index is 1.68. The number of hydrogen-bond donors (Lipinski definition) is 0. The van der Waals surface area contributed by atoms with Crippen molar-refractivity contribution in [2.75, 3.05) is 49.6 Å². The molecule has 1 saturated heterocycles. The van der Waals surface area contributed by atoms with E-state index in [-0.39, 0.29) is 23.9 Å². The summed E-state index contributed by atoms with van der Waals surface area (Å²) in [5.41, 5.74) is 2.48. The Morgan fingerprint density at radius 2 is 1.74 bits per heavy atom. The summed E-state index contributed by atoms with van der Waals surface area (Å²) in [4.78, 5) is 42.6. The highest BCUT2D eigenvalue weighted by Crippen LogP contribution is 2.35. The number of piperazine rings is 1. The van der Waals surface area contributed by atoms with Crippen LogP contribution in [0.5, 0.6) is 5.75 Å². The second-order valence-corrected chi connectivity index (χ2v) is 9.48. The van der Waals surface area contributed by atoms with E-state index in [1.807, 2.05) is 49.8 Å². The van der Waals surface area contributed by atoms with Crippen LogP contribution in [0, 0.1) is 0 Å². The highest BCUT2D eigenvalue weighted by Gasteiger charge is 2.36. The number of nitrogens with zero attached hydrogens (tertiary/aromatic N) is 6. The minimum absolute atomic E-state index is 0.0234. The number of hydrogen-bond acceptors (Lipinski definition) is 7. The van der Waals surface area contributed by atoms with Gasteiger partial charge in [0.05, 0.1) is 19.2 Å². The van der Waals surface area contributed by atoms with Crippen molar-refractivity contribution in [3.05, 3.63) is 41.1 Å². The Morgan fingerprint density at radius 3 is 2.31 bits per heavy atom. The Morgan fingerprint density at radius 1 is 1.09 bits per heavy atom. The molecule has 2 aliphatic heterocycles. The summed E-state index contributed by atoms with van der Waals surface area (Å²) in [5, 5.41) is 0. The van der Waals surface area contributed by atoms with Crippen molar-refractivity contribution >= 4 is 23.6 Å². The molecule has 2 aromatic rings. The van der Waals surface area contributed by atoms with Gasteiger partial charge >= 0.3 is 0 Å². The highest BCUT2D eigenvalue weighted by atomic mass is 16.5. The van der Waals surface area contributed by atoms with Gasteiger partial charge in [0.25, 0.3) is 5.91 Å². The fraction of sp³-hybridized carbons (Fsp3) is 0.538. The summed E-state index contributed by atoms with van der Waals surface area (Å²) in [7, 11) is 2.02. The second-order valence-electron chi connectivity index (χ2n) is 9.48. The van der Waals surface area contributed by atoms with E-state index < -0.39 is 0 Å². The van der Waals surface area contributed by atoms with Crippen molar-refractivity contribution in [1.82, 2.24) is 19.8 Å². The van der Waals surface area contributed by atoms with Gasteiger partial charge in [-0.3, -0.25) is 9.59 Å². The third-order valence-electron chi connectivity index (χ3n) is 6.99. The molecule has 2 amide bonds. The third-order valence-corrected chi connectivity index (χ3v) is 6.99. The van der Waals surface area contributed by atoms with Crippen LogP contribution in [0.25, 0.3) is 0 Å². The summed E-state index contributed by atoms with van der Waals surface area (Å²) in [6.45, 7) is 13.4. The third kappa shape index (κ3) is 4.90. The average Bonchev–Trinajstić information content (AvgIpc) is 3.20. The van der Waals surface area contributed by atoms with Crippen LogP contribution in [0.2, 0.25) is 0 Å². The van der Waals surface area contributed by atoms with E-state index in [0.29, 0.717) is 51.0 Å². The SMILES string of the molecule is CCOc1ccc(C(C)N(C)c2nc(N3CCN(C(C)=O)CC3)nc3c2CN(C(C)C)C3=O)cc1. The normalized spacial score (nSPS) is 16.5. The molecule has 188 valence electrons. The zero-order valence-corrected chi connectivity index (χ0v) is 21.6. The largest absolute Gasteiger partial charge is 0.494 e. The molecule has 0 radical (unpaired) electrons. The number of fused-ring (bicyclic) bond motifs is 1. The van der Waals surface area contributed by atoms with Crippen LogP contribution in [0.15, 0.2) is 24.3 Å². The molecule has 1 aromatic carbocycles. The lowest BCUT2D eigenvalue weighted by molar-refractivity contribution is -0.129. The molecule has 9 nitrogen and oxygen atoms in total. The fourth-order valence-corrected chi connectivity index (χ4v) is 4.65. The Bertz CT molecular complexity index is 1080. The zero-order chi connectivity index (χ0) is 25.3. The zero-order valence-electron chi connectivity index (χ0n) is 21.6. The molecular formula is C26H36N6O3. The molecule has 1 atom stereocenters. The lowest BCUT2D eigenvalue weighted by Crippen LogP contribution is -2.48. The summed E-state index contributed by atoms with van der Waals surface area (Å²) < 4.78 is 5.59. The van der Waals surface area contributed by atoms with Crippen molar-refractivity contribution in [2.24, 2.45) is 0 Å².